The molecule has 0 amide bonds. The van der Waals surface area contributed by atoms with Crippen molar-refractivity contribution in [2.45, 2.75) is 39.4 Å². The molecule has 0 aliphatic carbocycles. The van der Waals surface area contributed by atoms with Gasteiger partial charge in [0.15, 0.2) is 11.2 Å². The number of benzene rings is 2. The smallest absolute Gasteiger partial charge is 0.332 e. The van der Waals surface area contributed by atoms with Gasteiger partial charge in [-0.15, -0.1) is 10.2 Å². The van der Waals surface area contributed by atoms with Crippen LogP contribution in [0.2, 0.25) is 0 Å². The predicted octanol–water partition coefficient (Wildman–Crippen LogP) is 2.67. The van der Waals surface area contributed by atoms with Crippen LogP contribution in [-0.4, -0.2) is 66.7 Å². The zero-order chi connectivity index (χ0) is 28.2. The van der Waals surface area contributed by atoms with E-state index in [1.807, 2.05) is 66.9 Å². The standard InChI is InChI=1S/C28H32N8O4/c1-18(2)25-29-26-23(27(37)35(14-16-40-4)28(38)34(26)13-15-39-3)36(25)17-19-9-11-20(12-10-19)21-7-5-6-8-22(21)24-30-32-33-31-24/h5-12,18H,13-17H2,1-4H3,(H,30,31,32,33). The number of fused-ring (bicyclic) bond motifs is 1. The van der Waals surface area contributed by atoms with Crippen molar-refractivity contribution in [1.82, 2.24) is 39.3 Å². The fourth-order valence-corrected chi connectivity index (χ4v) is 4.85. The molecule has 0 saturated carbocycles. The van der Waals surface area contributed by atoms with Gasteiger partial charge in [-0.25, -0.2) is 9.78 Å². The first-order valence-electron chi connectivity index (χ1n) is 13.1. The molecule has 0 spiro atoms. The highest BCUT2D eigenvalue weighted by Gasteiger charge is 2.23. The van der Waals surface area contributed by atoms with E-state index in [1.165, 1.54) is 9.13 Å². The Hall–Kier alpha value is -4.42. The van der Waals surface area contributed by atoms with E-state index in [9.17, 15) is 9.59 Å². The second-order valence-electron chi connectivity index (χ2n) is 9.74. The van der Waals surface area contributed by atoms with Gasteiger partial charge in [0, 0.05) is 32.2 Å². The summed E-state index contributed by atoms with van der Waals surface area (Å²) in [7, 11) is 3.12. The Bertz CT molecular complexity index is 1720. The van der Waals surface area contributed by atoms with E-state index >= 15 is 0 Å². The van der Waals surface area contributed by atoms with Crippen LogP contribution < -0.4 is 11.2 Å². The quantitative estimate of drug-likeness (QED) is 0.268. The summed E-state index contributed by atoms with van der Waals surface area (Å²) in [5, 5.41) is 14.5. The maximum absolute atomic E-state index is 13.7. The van der Waals surface area contributed by atoms with Gasteiger partial charge in [0.1, 0.15) is 5.82 Å². The number of hydrogen-bond acceptors (Lipinski definition) is 8. The number of aromatic amines is 1. The lowest BCUT2D eigenvalue weighted by atomic mass is 9.98. The Kier molecular flexibility index (Phi) is 7.99. The minimum Gasteiger partial charge on any atom is -0.383 e. The number of methoxy groups -OCH3 is 2. The first-order valence-corrected chi connectivity index (χ1v) is 13.1. The van der Waals surface area contributed by atoms with E-state index in [-0.39, 0.29) is 31.2 Å². The van der Waals surface area contributed by atoms with Crippen LogP contribution in [0, 0.1) is 0 Å². The summed E-state index contributed by atoms with van der Waals surface area (Å²) in [5.74, 6) is 1.27. The number of ether oxygens (including phenoxy) is 2. The molecule has 0 atom stereocenters. The van der Waals surface area contributed by atoms with E-state index in [0.717, 1.165) is 28.1 Å². The Morgan fingerprint density at radius 1 is 0.875 bits per heavy atom. The second-order valence-corrected chi connectivity index (χ2v) is 9.74. The number of aromatic nitrogens is 8. The van der Waals surface area contributed by atoms with Crippen molar-refractivity contribution >= 4 is 11.2 Å². The van der Waals surface area contributed by atoms with Crippen LogP contribution in [0.15, 0.2) is 58.1 Å². The van der Waals surface area contributed by atoms with Crippen LogP contribution in [0.4, 0.5) is 0 Å². The number of hydrogen-bond donors (Lipinski definition) is 1. The van der Waals surface area contributed by atoms with Crippen LogP contribution in [0.3, 0.4) is 0 Å². The Morgan fingerprint density at radius 2 is 1.55 bits per heavy atom. The fraction of sp³-hybridized carbons (Fsp3) is 0.357. The molecule has 3 aromatic heterocycles. The van der Waals surface area contributed by atoms with Crippen LogP contribution in [-0.2, 0) is 29.1 Å². The van der Waals surface area contributed by atoms with Crippen molar-refractivity contribution in [3.8, 4) is 22.5 Å². The van der Waals surface area contributed by atoms with Crippen LogP contribution in [0.1, 0.15) is 31.2 Å². The predicted molar refractivity (Wildman–Crippen MR) is 150 cm³/mol. The number of imidazole rings is 1. The number of rotatable bonds is 11. The summed E-state index contributed by atoms with van der Waals surface area (Å²) < 4.78 is 15.1. The van der Waals surface area contributed by atoms with E-state index < -0.39 is 5.69 Å². The van der Waals surface area contributed by atoms with Crippen LogP contribution in [0.5, 0.6) is 0 Å². The third-order valence-electron chi connectivity index (χ3n) is 6.82. The van der Waals surface area contributed by atoms with E-state index in [0.29, 0.717) is 30.1 Å². The Balaban J connectivity index is 1.59. The molecule has 0 aliphatic rings. The molecule has 5 aromatic rings. The highest BCUT2D eigenvalue weighted by Crippen LogP contribution is 2.30. The summed E-state index contributed by atoms with van der Waals surface area (Å²) in [5.41, 5.74) is 3.80. The average Bonchev–Trinajstić information content (AvgIpc) is 3.63. The molecule has 3 heterocycles. The summed E-state index contributed by atoms with van der Waals surface area (Å²) >= 11 is 0. The van der Waals surface area contributed by atoms with E-state index in [4.69, 9.17) is 14.5 Å². The maximum atomic E-state index is 13.7. The first-order chi connectivity index (χ1) is 19.4. The van der Waals surface area contributed by atoms with Crippen LogP contribution in [0.25, 0.3) is 33.7 Å². The van der Waals surface area contributed by atoms with E-state index in [1.54, 1.807) is 14.2 Å². The zero-order valence-electron chi connectivity index (χ0n) is 23.0. The molecule has 40 heavy (non-hydrogen) atoms. The molecule has 208 valence electrons. The number of nitrogens with zero attached hydrogens (tertiary/aromatic N) is 7. The summed E-state index contributed by atoms with van der Waals surface area (Å²) in [6.07, 6.45) is 0. The summed E-state index contributed by atoms with van der Waals surface area (Å²) in [6.45, 7) is 5.44. The monoisotopic (exact) mass is 544 g/mol. The molecule has 12 nitrogen and oxygen atoms in total. The highest BCUT2D eigenvalue weighted by molar-refractivity contribution is 5.80. The molecule has 0 unspecified atom stereocenters. The second kappa shape index (κ2) is 11.8. The van der Waals surface area contributed by atoms with Crippen molar-refractivity contribution in [3.63, 3.8) is 0 Å². The lowest BCUT2D eigenvalue weighted by Crippen LogP contribution is -2.42. The third kappa shape index (κ3) is 5.10. The largest absolute Gasteiger partial charge is 0.383 e. The average molecular weight is 545 g/mol. The van der Waals surface area contributed by atoms with Gasteiger partial charge in [-0.05, 0) is 21.9 Å². The van der Waals surface area contributed by atoms with E-state index in [2.05, 4.69) is 20.6 Å². The summed E-state index contributed by atoms with van der Waals surface area (Å²) in [4.78, 5) is 31.8. The molecule has 0 fully saturated rings. The molecular formula is C28H32N8O4. The van der Waals surface area contributed by atoms with Gasteiger partial charge in [0.05, 0.1) is 26.3 Å². The maximum Gasteiger partial charge on any atom is 0.332 e. The normalized spacial score (nSPS) is 11.6. The Morgan fingerprint density at radius 3 is 2.17 bits per heavy atom. The molecule has 0 bridgehead atoms. The molecular weight excluding hydrogens is 512 g/mol. The van der Waals surface area contributed by atoms with Crippen LogP contribution >= 0.6 is 0 Å². The van der Waals surface area contributed by atoms with Gasteiger partial charge in [0.25, 0.3) is 5.56 Å². The fourth-order valence-electron chi connectivity index (χ4n) is 4.85. The molecule has 0 radical (unpaired) electrons. The first kappa shape index (κ1) is 27.2. The van der Waals surface area contributed by atoms with Crippen molar-refractivity contribution in [2.75, 3.05) is 27.4 Å². The van der Waals surface area contributed by atoms with Gasteiger partial charge in [-0.2, -0.15) is 5.21 Å². The Labute approximate surface area is 230 Å². The highest BCUT2D eigenvalue weighted by atomic mass is 16.5. The van der Waals surface area contributed by atoms with Gasteiger partial charge in [-0.3, -0.25) is 13.9 Å². The third-order valence-corrected chi connectivity index (χ3v) is 6.82. The summed E-state index contributed by atoms with van der Waals surface area (Å²) in [6, 6.07) is 16.0. The molecule has 5 rings (SSSR count). The van der Waals surface area contributed by atoms with Crippen molar-refractivity contribution < 1.29 is 9.47 Å². The SMILES string of the molecule is COCCn1c(=O)c2c(nc(C(C)C)n2Cc2ccc(-c3ccccc3-c3nn[nH]n3)cc2)n(CCOC)c1=O. The zero-order valence-corrected chi connectivity index (χ0v) is 23.0. The molecule has 12 heteroatoms. The number of H-pyrrole nitrogens is 1. The van der Waals surface area contributed by atoms with Gasteiger partial charge >= 0.3 is 5.69 Å². The van der Waals surface area contributed by atoms with Crippen molar-refractivity contribution in [1.29, 1.82) is 0 Å². The molecule has 0 saturated heterocycles. The van der Waals surface area contributed by atoms with Gasteiger partial charge < -0.3 is 14.0 Å². The van der Waals surface area contributed by atoms with Gasteiger partial charge in [0.2, 0.25) is 5.82 Å². The number of tetrazole rings is 1. The van der Waals surface area contributed by atoms with Crippen molar-refractivity contribution in [2.24, 2.45) is 0 Å². The lowest BCUT2D eigenvalue weighted by molar-refractivity contribution is 0.179. The number of nitrogens with one attached hydrogen (secondary N) is 1. The molecule has 1 N–H and O–H groups in total. The van der Waals surface area contributed by atoms with Crippen molar-refractivity contribution in [3.05, 3.63) is 80.8 Å². The lowest BCUT2D eigenvalue weighted by Gasteiger charge is -2.14. The van der Waals surface area contributed by atoms with Gasteiger partial charge in [-0.1, -0.05) is 62.4 Å². The molecule has 2 aromatic carbocycles. The topological polar surface area (TPSA) is 135 Å². The molecule has 0 aliphatic heterocycles. The minimum atomic E-state index is -0.420. The minimum absolute atomic E-state index is 0.0197.